The fourth-order valence-electron chi connectivity index (χ4n) is 5.33. The summed E-state index contributed by atoms with van der Waals surface area (Å²) in [6.07, 6.45) is 13.9. The van der Waals surface area contributed by atoms with Crippen LogP contribution in [0.25, 0.3) is 11.3 Å². The van der Waals surface area contributed by atoms with E-state index in [4.69, 9.17) is 9.72 Å². The Bertz CT molecular complexity index is 1550. The van der Waals surface area contributed by atoms with Crippen LogP contribution in [0.4, 0.5) is 11.6 Å². The van der Waals surface area contributed by atoms with E-state index < -0.39 is 6.04 Å². The predicted molar refractivity (Wildman–Crippen MR) is 170 cm³/mol. The summed E-state index contributed by atoms with van der Waals surface area (Å²) in [5.41, 5.74) is 3.59. The lowest BCUT2D eigenvalue weighted by Crippen LogP contribution is -2.38. The summed E-state index contributed by atoms with van der Waals surface area (Å²) in [7, 11) is 0. The third kappa shape index (κ3) is 8.70. The van der Waals surface area contributed by atoms with Crippen LogP contribution in [0.3, 0.4) is 0 Å². The molecular weight excluding hydrogens is 556 g/mol. The molecule has 0 aromatic carbocycles. The van der Waals surface area contributed by atoms with Crippen LogP contribution in [0, 0.1) is 4.91 Å². The monoisotopic (exact) mass is 597 g/mol. The number of H-pyrrole nitrogens is 1. The molecule has 1 aliphatic heterocycles. The lowest BCUT2D eigenvalue weighted by molar-refractivity contribution is -0.466. The summed E-state index contributed by atoms with van der Waals surface area (Å²) in [5.74, 6) is 1.88. The van der Waals surface area contributed by atoms with Crippen molar-refractivity contribution in [3.8, 4) is 17.1 Å². The Morgan fingerprint density at radius 1 is 1.07 bits per heavy atom. The van der Waals surface area contributed by atoms with E-state index in [1.54, 1.807) is 50.0 Å². The maximum Gasteiger partial charge on any atom is 0.336 e. The van der Waals surface area contributed by atoms with E-state index in [0.29, 0.717) is 37.7 Å². The third-order valence-electron chi connectivity index (χ3n) is 7.80. The van der Waals surface area contributed by atoms with Crippen molar-refractivity contribution in [2.24, 2.45) is 0 Å². The van der Waals surface area contributed by atoms with Gasteiger partial charge in [0.25, 0.3) is 0 Å². The van der Waals surface area contributed by atoms with Gasteiger partial charge in [0.2, 0.25) is 11.6 Å². The second-order valence-corrected chi connectivity index (χ2v) is 11.0. The molecule has 11 nitrogen and oxygen atoms in total. The Morgan fingerprint density at radius 3 is 2.77 bits per heavy atom. The number of aromatic nitrogens is 5. The van der Waals surface area contributed by atoms with Crippen molar-refractivity contribution >= 4 is 17.4 Å². The highest BCUT2D eigenvalue weighted by Gasteiger charge is 2.24. The minimum absolute atomic E-state index is 0.0314. The molecule has 0 amide bonds. The molecule has 44 heavy (non-hydrogen) atoms. The Kier molecular flexibility index (Phi) is 11.0. The van der Waals surface area contributed by atoms with Gasteiger partial charge in [-0.25, -0.2) is 9.97 Å². The molecule has 0 spiro atoms. The standard InChI is InChI=1S/C33H41N8O3/c1-25(42)29(39-31-24-35-23-30(41(31)43)26-12-17-34-18-13-26)14-20-40(21-22-44-32-9-2-4-15-36-32)19-5-3-8-28-11-10-27-7-6-16-37-33(27)38-28/h2,4,9-13,15,17-18,23-24,29,39H,3,5-8,14,16,19-22H2,1H3,(H,35,43)(H,37,38)/q+1/t29-/m0/s1. The number of hydrogen-bond donors (Lipinski definition) is 3. The number of carbonyl (C=O) groups is 1. The largest absolute Gasteiger partial charge is 0.476 e. The summed E-state index contributed by atoms with van der Waals surface area (Å²) in [5, 5.41) is 6.60. The van der Waals surface area contributed by atoms with Crippen LogP contribution in [0.1, 0.15) is 43.9 Å². The van der Waals surface area contributed by atoms with E-state index >= 15 is 0 Å². The molecule has 5 rings (SSSR count). The van der Waals surface area contributed by atoms with Crippen LogP contribution in [0.15, 0.2) is 73.4 Å². The predicted octanol–water partition coefficient (Wildman–Crippen LogP) is 4.30. The van der Waals surface area contributed by atoms with E-state index in [1.807, 2.05) is 18.2 Å². The topological polar surface area (TPSA) is 131 Å². The maximum atomic E-state index is 13.2. The second kappa shape index (κ2) is 15.7. The van der Waals surface area contributed by atoms with Gasteiger partial charge >= 0.3 is 5.82 Å². The van der Waals surface area contributed by atoms with Crippen LogP contribution in [0.5, 0.6) is 5.88 Å². The molecule has 230 valence electrons. The van der Waals surface area contributed by atoms with E-state index in [0.717, 1.165) is 66.7 Å². The van der Waals surface area contributed by atoms with Gasteiger partial charge in [-0.3, -0.25) is 20.0 Å². The number of ketones is 1. The number of Topliss-reactive ketones (excluding diaryl/α,β-unsaturated/α-hetero) is 1. The van der Waals surface area contributed by atoms with Gasteiger partial charge in [0.05, 0.1) is 12.4 Å². The first-order valence-electron chi connectivity index (χ1n) is 15.4. The molecule has 0 radical (unpaired) electrons. The first-order valence-corrected chi connectivity index (χ1v) is 15.4. The van der Waals surface area contributed by atoms with E-state index in [2.05, 4.69) is 42.6 Å². The van der Waals surface area contributed by atoms with Crippen molar-refractivity contribution in [3.63, 3.8) is 0 Å². The van der Waals surface area contributed by atoms with Crippen LogP contribution in [-0.4, -0.2) is 69.4 Å². The molecule has 4 aromatic heterocycles. The van der Waals surface area contributed by atoms with Gasteiger partial charge in [0.1, 0.15) is 12.4 Å². The van der Waals surface area contributed by atoms with Crippen molar-refractivity contribution < 1.29 is 14.0 Å². The highest BCUT2D eigenvalue weighted by molar-refractivity contribution is 5.83. The third-order valence-corrected chi connectivity index (χ3v) is 7.80. The van der Waals surface area contributed by atoms with Gasteiger partial charge in [-0.1, -0.05) is 17.0 Å². The van der Waals surface area contributed by atoms with E-state index in [9.17, 15) is 9.70 Å². The fourth-order valence-corrected chi connectivity index (χ4v) is 5.33. The number of ether oxygens (including phenoxy) is 1. The van der Waals surface area contributed by atoms with Crippen LogP contribution in [0.2, 0.25) is 0 Å². The summed E-state index contributed by atoms with van der Waals surface area (Å²) in [6.45, 7) is 5.23. The number of unbranched alkanes of at least 4 members (excludes halogenated alkanes) is 1. The van der Waals surface area contributed by atoms with Gasteiger partial charge in [-0.15, -0.1) is 0 Å². The quantitative estimate of drug-likeness (QED) is 0.128. The first kappa shape index (κ1) is 30.8. The van der Waals surface area contributed by atoms with Crippen molar-refractivity contribution in [1.82, 2.24) is 24.8 Å². The second-order valence-electron chi connectivity index (χ2n) is 11.0. The Balaban J connectivity index is 1.19. The number of carbonyl (C=O) groups excluding carboxylic acids is 1. The zero-order chi connectivity index (χ0) is 30.6. The number of hydrogen-bond acceptors (Lipinski definition) is 9. The molecule has 1 aliphatic rings. The van der Waals surface area contributed by atoms with Crippen LogP contribution in [-0.2, 0) is 17.6 Å². The molecular formula is C33H41N8O3+. The van der Waals surface area contributed by atoms with Crippen molar-refractivity contribution in [2.75, 3.05) is 43.4 Å². The first-order chi connectivity index (χ1) is 21.6. The number of nitrogens with one attached hydrogen (secondary N) is 3. The summed E-state index contributed by atoms with van der Waals surface area (Å²) in [4.78, 5) is 44.3. The highest BCUT2D eigenvalue weighted by Crippen LogP contribution is 2.20. The molecule has 1 atom stereocenters. The summed E-state index contributed by atoms with van der Waals surface area (Å²) in [6, 6.07) is 13.0. The highest BCUT2D eigenvalue weighted by atomic mass is 16.5. The molecule has 11 heteroatoms. The maximum absolute atomic E-state index is 13.2. The minimum Gasteiger partial charge on any atom is -0.476 e. The van der Waals surface area contributed by atoms with Crippen LogP contribution < -0.4 is 19.8 Å². The van der Waals surface area contributed by atoms with Crippen molar-refractivity contribution in [2.45, 2.75) is 51.5 Å². The lowest BCUT2D eigenvalue weighted by Gasteiger charge is -2.23. The van der Waals surface area contributed by atoms with Gasteiger partial charge < -0.3 is 15.0 Å². The van der Waals surface area contributed by atoms with Gasteiger partial charge in [0, 0.05) is 66.4 Å². The van der Waals surface area contributed by atoms with E-state index in [1.165, 1.54) is 5.56 Å². The number of anilines is 2. The average molecular weight is 598 g/mol. The zero-order valence-corrected chi connectivity index (χ0v) is 25.2. The average Bonchev–Trinajstić information content (AvgIpc) is 3.06. The summed E-state index contributed by atoms with van der Waals surface area (Å²) >= 11 is 0. The molecule has 0 saturated heterocycles. The fraction of sp³-hybridized carbons (Fsp3) is 0.394. The SMILES string of the molecule is CC(=O)[C@H](CCN(CCCCc1ccc2c(n1)NCCC2)CCOc1ccccn1)Nc1c[nH]cc(-c2ccncc2)[n+]1=O. The Morgan fingerprint density at radius 2 is 1.95 bits per heavy atom. The Labute approximate surface area is 257 Å². The molecule has 0 bridgehead atoms. The lowest BCUT2D eigenvalue weighted by atomic mass is 10.1. The van der Waals surface area contributed by atoms with Gasteiger partial charge in [-0.2, -0.15) is 0 Å². The molecule has 0 fully saturated rings. The number of aromatic amines is 1. The smallest absolute Gasteiger partial charge is 0.336 e. The minimum atomic E-state index is -0.525. The van der Waals surface area contributed by atoms with Crippen LogP contribution >= 0.6 is 0 Å². The number of aryl methyl sites for hydroxylation is 2. The molecule has 0 aliphatic carbocycles. The normalized spacial score (nSPS) is 13.1. The van der Waals surface area contributed by atoms with Gasteiger partial charge in [0.15, 0.2) is 11.8 Å². The molecule has 3 N–H and O–H groups in total. The van der Waals surface area contributed by atoms with Crippen molar-refractivity contribution in [1.29, 1.82) is 0 Å². The summed E-state index contributed by atoms with van der Waals surface area (Å²) < 4.78 is 6.69. The zero-order valence-electron chi connectivity index (χ0n) is 25.2. The Hall–Kier alpha value is -4.64. The molecule has 0 saturated carbocycles. The van der Waals surface area contributed by atoms with Crippen molar-refractivity contribution in [3.05, 3.63) is 89.6 Å². The number of fused-ring (bicyclic) bond motifs is 1. The van der Waals surface area contributed by atoms with Gasteiger partial charge in [-0.05, 0) is 75.4 Å². The van der Waals surface area contributed by atoms with E-state index in [-0.39, 0.29) is 11.6 Å². The molecule has 4 aromatic rings. The number of nitrogens with zero attached hydrogens (tertiary/aromatic N) is 5. The molecule has 0 unspecified atom stereocenters. The number of pyridine rings is 3. The molecule has 5 heterocycles. The number of rotatable bonds is 16.